The quantitative estimate of drug-likeness (QED) is 0.0335. The predicted octanol–water partition coefficient (Wildman–Crippen LogP) is 0.781. The van der Waals surface area contributed by atoms with E-state index in [1.807, 2.05) is 0 Å². The number of hydrogen-bond acceptors (Lipinski definition) is 14. The third-order valence-corrected chi connectivity index (χ3v) is 10.4. The van der Waals surface area contributed by atoms with Gasteiger partial charge in [0.1, 0.15) is 23.6 Å². The predicted molar refractivity (Wildman–Crippen MR) is 237 cm³/mol. The van der Waals surface area contributed by atoms with Crippen LogP contribution in [0.25, 0.3) is 0 Å². The van der Waals surface area contributed by atoms with Crippen LogP contribution in [-0.4, -0.2) is 161 Å². The van der Waals surface area contributed by atoms with E-state index in [0.717, 1.165) is 0 Å². The van der Waals surface area contributed by atoms with Gasteiger partial charge in [-0.3, -0.25) is 33.8 Å². The summed E-state index contributed by atoms with van der Waals surface area (Å²) in [6.07, 6.45) is 0.917. The number of aliphatic hydroxyl groups excluding tert-OH is 1. The summed E-state index contributed by atoms with van der Waals surface area (Å²) < 4.78 is 0. The molecule has 0 aliphatic heterocycles. The van der Waals surface area contributed by atoms with Crippen LogP contribution >= 0.6 is 0 Å². The van der Waals surface area contributed by atoms with Crippen LogP contribution in [0.4, 0.5) is 4.79 Å². The Bertz CT molecular complexity index is 1960. The molecule has 0 heterocycles. The molecular weight excluding hydrogens is 885 g/mol. The topological polar surface area (TPSA) is 373 Å². The summed E-state index contributed by atoms with van der Waals surface area (Å²) >= 11 is 0. The van der Waals surface area contributed by atoms with Gasteiger partial charge in [0.15, 0.2) is 6.29 Å². The highest BCUT2D eigenvalue weighted by molar-refractivity contribution is 5.86. The molecule has 2 aromatic rings. The van der Waals surface area contributed by atoms with E-state index in [9.17, 15) is 69.0 Å². The third kappa shape index (κ3) is 25.1. The van der Waals surface area contributed by atoms with Crippen LogP contribution < -0.4 is 21.3 Å². The van der Waals surface area contributed by atoms with Crippen LogP contribution in [0.1, 0.15) is 92.9 Å². The number of urea groups is 1. The lowest BCUT2D eigenvalue weighted by Crippen LogP contribution is -2.51. The van der Waals surface area contributed by atoms with Crippen LogP contribution in [0.3, 0.4) is 0 Å². The number of rotatable bonds is 35. The molecule has 2 rings (SSSR count). The molecule has 2 atom stereocenters. The first-order valence-corrected chi connectivity index (χ1v) is 21.9. The molecule has 0 aliphatic carbocycles. The number of aromatic hydroxyl groups is 2. The maximum absolute atomic E-state index is 12.6. The molecule has 0 aromatic heterocycles. The Morgan fingerprint density at radius 2 is 0.985 bits per heavy atom. The molecule has 372 valence electrons. The number of carboxylic acids is 5. The molecule has 2 aromatic carbocycles. The number of hydrogen-bond donors (Lipinski definition) is 13. The highest BCUT2D eigenvalue weighted by Gasteiger charge is 2.25. The second-order valence-corrected chi connectivity index (χ2v) is 16.0. The Morgan fingerprint density at radius 1 is 0.522 bits per heavy atom. The Balaban J connectivity index is 1.75. The molecular formula is C44H64N6O17. The number of phenols is 2. The average molecular weight is 949 g/mol. The number of amides is 4. The van der Waals surface area contributed by atoms with Gasteiger partial charge in [-0.15, -0.1) is 0 Å². The van der Waals surface area contributed by atoms with Crippen molar-refractivity contribution in [2.75, 3.05) is 39.3 Å². The number of aliphatic hydroxyl groups is 2. The van der Waals surface area contributed by atoms with E-state index in [1.165, 1.54) is 21.9 Å². The number of benzene rings is 2. The first-order valence-electron chi connectivity index (χ1n) is 21.9. The van der Waals surface area contributed by atoms with E-state index < -0.39 is 67.3 Å². The Labute approximate surface area is 386 Å². The Hall–Kier alpha value is -6.56. The van der Waals surface area contributed by atoms with Gasteiger partial charge in [0, 0.05) is 76.1 Å². The van der Waals surface area contributed by atoms with E-state index in [-0.39, 0.29) is 101 Å². The van der Waals surface area contributed by atoms with E-state index in [1.54, 1.807) is 24.3 Å². The van der Waals surface area contributed by atoms with E-state index in [4.69, 9.17) is 15.3 Å². The molecule has 67 heavy (non-hydrogen) atoms. The lowest BCUT2D eigenvalue weighted by atomic mass is 10.0. The average Bonchev–Trinajstić information content (AvgIpc) is 3.24. The largest absolute Gasteiger partial charge is 0.508 e. The minimum absolute atomic E-state index is 0.00684. The maximum Gasteiger partial charge on any atom is 0.326 e. The lowest BCUT2D eigenvalue weighted by molar-refractivity contribution is -0.140. The fourth-order valence-electron chi connectivity index (χ4n) is 6.81. The molecule has 23 heteroatoms. The molecule has 0 radical (unpaired) electrons. The minimum Gasteiger partial charge on any atom is -0.508 e. The number of carboxylic acid groups (broad SMARTS) is 5. The number of unbranched alkanes of at least 4 members (excludes halogenated alkanes) is 3. The number of carbonyl (C=O) groups is 8. The van der Waals surface area contributed by atoms with Gasteiger partial charge >= 0.3 is 35.9 Å². The zero-order chi connectivity index (χ0) is 49.9. The summed E-state index contributed by atoms with van der Waals surface area (Å²) in [5.41, 5.74) is 2.12. The number of phenolic OH excluding ortho intramolecular Hbond substituents is 2. The molecule has 0 aliphatic rings. The summed E-state index contributed by atoms with van der Waals surface area (Å²) in [5, 5.41) is 95.6. The molecule has 23 nitrogen and oxygen atoms in total. The van der Waals surface area contributed by atoms with Crippen LogP contribution in [0.5, 0.6) is 11.5 Å². The van der Waals surface area contributed by atoms with Crippen molar-refractivity contribution in [1.29, 1.82) is 0 Å². The first kappa shape index (κ1) is 56.6. The number of carbonyl (C=O) groups excluding carboxylic acids is 3. The highest BCUT2D eigenvalue weighted by Crippen LogP contribution is 2.23. The molecule has 0 spiro atoms. The Kier molecular flexibility index (Phi) is 25.8. The van der Waals surface area contributed by atoms with Gasteiger partial charge in [0.25, 0.3) is 0 Å². The third-order valence-electron chi connectivity index (χ3n) is 10.4. The highest BCUT2D eigenvalue weighted by atomic mass is 16.5. The number of aliphatic carboxylic acids is 5. The van der Waals surface area contributed by atoms with Crippen LogP contribution in [-0.2, 0) is 59.5 Å². The van der Waals surface area contributed by atoms with E-state index in [0.29, 0.717) is 67.3 Å². The SMILES string of the molecule is O=C(O)CCc1ccc(O)c(CN(CCN(CC(=O)O)Cc2cc(CCC(=O)NCCCCCC(=O)NCCCC[C@H](NC(=O)N[C@@H](CCC(O)O)C(=O)O)C(=O)O)ccc2O)CC(=O)O)c1. The molecule has 0 unspecified atom stereocenters. The van der Waals surface area contributed by atoms with Gasteiger partial charge in [-0.1, -0.05) is 30.7 Å². The fraction of sp³-hybridized carbons (Fsp3) is 0.545. The zero-order valence-corrected chi connectivity index (χ0v) is 37.2. The van der Waals surface area contributed by atoms with Crippen molar-refractivity contribution in [2.45, 2.75) is 115 Å². The van der Waals surface area contributed by atoms with E-state index >= 15 is 0 Å². The van der Waals surface area contributed by atoms with E-state index in [2.05, 4.69) is 21.3 Å². The summed E-state index contributed by atoms with van der Waals surface area (Å²) in [7, 11) is 0. The molecule has 0 saturated heterocycles. The molecule has 0 fully saturated rings. The summed E-state index contributed by atoms with van der Waals surface area (Å²) in [6.45, 7) is -0.119. The monoisotopic (exact) mass is 948 g/mol. The molecule has 0 saturated carbocycles. The van der Waals surface area contributed by atoms with Crippen molar-refractivity contribution in [3.05, 3.63) is 58.7 Å². The molecule has 0 bridgehead atoms. The molecule has 4 amide bonds. The van der Waals surface area contributed by atoms with Gasteiger partial charge in [-0.05, 0) is 74.6 Å². The van der Waals surface area contributed by atoms with Crippen molar-refractivity contribution in [3.8, 4) is 11.5 Å². The summed E-state index contributed by atoms with van der Waals surface area (Å²) in [4.78, 5) is 97.4. The van der Waals surface area contributed by atoms with Gasteiger partial charge in [0.05, 0.1) is 13.1 Å². The normalized spacial score (nSPS) is 12.1. The van der Waals surface area contributed by atoms with Crippen LogP contribution in [0.2, 0.25) is 0 Å². The van der Waals surface area contributed by atoms with Crippen molar-refractivity contribution >= 4 is 47.7 Å². The number of nitrogens with one attached hydrogen (secondary N) is 4. The lowest BCUT2D eigenvalue weighted by Gasteiger charge is -2.26. The maximum atomic E-state index is 12.6. The fourth-order valence-corrected chi connectivity index (χ4v) is 6.81. The standard InChI is InChI=1S/C44H64N6O17/c51-34-13-8-28(22-30(34)24-49(26-40(59)60)20-21-50(27-41(61)62)25-31-23-29(9-14-35(31)52)11-16-38(55)56)10-15-37(54)46-18-4-1-2-7-36(53)45-19-5-3-6-32(42(63)64)47-44(67)48-33(43(65)66)12-17-39(57)58/h8-9,13-14,22-23,32-33,39,51-52,57-58H,1-7,10-12,15-21,24-27H2,(H,45,53)(H,46,54)(H,55,56)(H,59,60)(H,61,62)(H,63,64)(H,65,66)(H2,47,48,67)/t32-,33-/m0/s1. The second kappa shape index (κ2) is 30.6. The van der Waals surface area contributed by atoms with Crippen LogP contribution in [0.15, 0.2) is 36.4 Å². The van der Waals surface area contributed by atoms with Gasteiger partial charge < -0.3 is 67.2 Å². The minimum atomic E-state index is -1.77. The van der Waals surface area contributed by atoms with Crippen LogP contribution in [0, 0.1) is 0 Å². The smallest absolute Gasteiger partial charge is 0.326 e. The molecule has 13 N–H and O–H groups in total. The summed E-state index contributed by atoms with van der Waals surface area (Å²) in [6, 6.07) is 5.53. The van der Waals surface area contributed by atoms with Crippen molar-refractivity contribution in [1.82, 2.24) is 31.1 Å². The Morgan fingerprint density at radius 3 is 1.45 bits per heavy atom. The van der Waals surface area contributed by atoms with Crippen molar-refractivity contribution in [3.63, 3.8) is 0 Å². The van der Waals surface area contributed by atoms with Gasteiger partial charge in [0.2, 0.25) is 11.8 Å². The van der Waals surface area contributed by atoms with Gasteiger partial charge in [-0.25, -0.2) is 14.4 Å². The summed E-state index contributed by atoms with van der Waals surface area (Å²) in [5.74, 6) is -6.70. The van der Waals surface area contributed by atoms with Crippen molar-refractivity contribution in [2.24, 2.45) is 0 Å². The number of aryl methyl sites for hydroxylation is 2. The zero-order valence-electron chi connectivity index (χ0n) is 37.2. The van der Waals surface area contributed by atoms with Crippen molar-refractivity contribution < 1.29 is 84.3 Å². The number of nitrogens with zero attached hydrogens (tertiary/aromatic N) is 2. The first-order chi connectivity index (χ1) is 31.7. The van der Waals surface area contributed by atoms with Gasteiger partial charge in [-0.2, -0.15) is 0 Å². The second-order valence-electron chi connectivity index (χ2n) is 16.0.